The minimum atomic E-state index is -0.550. The van der Waals surface area contributed by atoms with Crippen LogP contribution in [0.15, 0.2) is 24.3 Å². The van der Waals surface area contributed by atoms with Gasteiger partial charge in [-0.05, 0) is 12.1 Å². The zero-order valence-electron chi connectivity index (χ0n) is 5.78. The van der Waals surface area contributed by atoms with Gasteiger partial charge in [0.25, 0.3) is 5.91 Å². The molecule has 0 bridgehead atoms. The molecule has 1 aromatic carbocycles. The van der Waals surface area contributed by atoms with Crippen molar-refractivity contribution in [3.63, 3.8) is 0 Å². The van der Waals surface area contributed by atoms with Crippen molar-refractivity contribution in [2.45, 2.75) is 0 Å². The van der Waals surface area contributed by atoms with E-state index in [1.54, 1.807) is 24.3 Å². The first kappa shape index (κ1) is 7.56. The largest absolute Gasteiger partial charge is 0.411 e. The Morgan fingerprint density at radius 1 is 1.36 bits per heavy atom. The van der Waals surface area contributed by atoms with Gasteiger partial charge in [0.2, 0.25) is 0 Å². The van der Waals surface area contributed by atoms with E-state index in [9.17, 15) is 4.79 Å². The number of hydrogen-bond acceptors (Lipinski definition) is 3. The molecule has 0 aliphatic carbocycles. The van der Waals surface area contributed by atoms with E-state index in [2.05, 4.69) is 4.84 Å². The molecular formula is C7H8N2O2. The van der Waals surface area contributed by atoms with Crippen molar-refractivity contribution in [2.75, 3.05) is 0 Å². The number of rotatable bonds is 2. The second-order valence-corrected chi connectivity index (χ2v) is 1.98. The van der Waals surface area contributed by atoms with Crippen LogP contribution in [0.5, 0.6) is 5.75 Å². The highest BCUT2D eigenvalue weighted by Gasteiger charge is 2.06. The number of benzene rings is 1. The fourth-order valence-corrected chi connectivity index (χ4v) is 0.773. The SMILES string of the molecule is NOc1ccccc1C(N)=O. The van der Waals surface area contributed by atoms with Gasteiger partial charge in [-0.2, -0.15) is 5.90 Å². The lowest BCUT2D eigenvalue weighted by Crippen LogP contribution is -2.14. The highest BCUT2D eigenvalue weighted by Crippen LogP contribution is 2.14. The third-order valence-corrected chi connectivity index (χ3v) is 1.28. The summed E-state index contributed by atoms with van der Waals surface area (Å²) in [6.45, 7) is 0. The van der Waals surface area contributed by atoms with Crippen LogP contribution in [-0.4, -0.2) is 5.91 Å². The van der Waals surface area contributed by atoms with Gasteiger partial charge in [-0.15, -0.1) is 0 Å². The predicted octanol–water partition coefficient (Wildman–Crippen LogP) is 0.0380. The maximum Gasteiger partial charge on any atom is 0.252 e. The van der Waals surface area contributed by atoms with E-state index < -0.39 is 5.91 Å². The Morgan fingerprint density at radius 3 is 2.45 bits per heavy atom. The lowest BCUT2D eigenvalue weighted by atomic mass is 10.2. The van der Waals surface area contributed by atoms with E-state index in [1.807, 2.05) is 0 Å². The second kappa shape index (κ2) is 3.03. The smallest absolute Gasteiger partial charge is 0.252 e. The van der Waals surface area contributed by atoms with E-state index in [-0.39, 0.29) is 5.56 Å². The highest BCUT2D eigenvalue weighted by atomic mass is 16.6. The Kier molecular flexibility index (Phi) is 2.08. The molecule has 4 nitrogen and oxygen atoms in total. The van der Waals surface area contributed by atoms with Crippen molar-refractivity contribution in [1.29, 1.82) is 0 Å². The Morgan fingerprint density at radius 2 is 2.00 bits per heavy atom. The molecule has 1 amide bonds. The lowest BCUT2D eigenvalue weighted by molar-refractivity contribution is 0.0996. The summed E-state index contributed by atoms with van der Waals surface area (Å²) in [6.07, 6.45) is 0. The number of hydrogen-bond donors (Lipinski definition) is 2. The predicted molar refractivity (Wildman–Crippen MR) is 39.8 cm³/mol. The van der Waals surface area contributed by atoms with Gasteiger partial charge < -0.3 is 10.6 Å². The zero-order chi connectivity index (χ0) is 8.27. The molecule has 0 unspecified atom stereocenters. The van der Waals surface area contributed by atoms with Crippen molar-refractivity contribution in [2.24, 2.45) is 11.6 Å². The van der Waals surface area contributed by atoms with Gasteiger partial charge in [0.15, 0.2) is 5.75 Å². The number of nitrogens with two attached hydrogens (primary N) is 2. The summed E-state index contributed by atoms with van der Waals surface area (Å²) >= 11 is 0. The Bertz CT molecular complexity index is 273. The Balaban J connectivity index is 3.12. The van der Waals surface area contributed by atoms with Crippen LogP contribution in [-0.2, 0) is 0 Å². The number of amides is 1. The molecule has 0 saturated carbocycles. The molecule has 1 rings (SSSR count). The van der Waals surface area contributed by atoms with Gasteiger partial charge in [-0.3, -0.25) is 4.79 Å². The van der Waals surface area contributed by atoms with Crippen molar-refractivity contribution in [3.05, 3.63) is 29.8 Å². The topological polar surface area (TPSA) is 78.3 Å². The molecule has 0 heterocycles. The van der Waals surface area contributed by atoms with Crippen LogP contribution in [0, 0.1) is 0 Å². The molecule has 0 fully saturated rings. The summed E-state index contributed by atoms with van der Waals surface area (Å²) in [7, 11) is 0. The first-order valence-corrected chi connectivity index (χ1v) is 3.01. The number of carbonyl (C=O) groups is 1. The van der Waals surface area contributed by atoms with Crippen LogP contribution in [0.2, 0.25) is 0 Å². The van der Waals surface area contributed by atoms with Gasteiger partial charge in [-0.1, -0.05) is 12.1 Å². The molecule has 4 heteroatoms. The number of carbonyl (C=O) groups excluding carboxylic acids is 1. The maximum absolute atomic E-state index is 10.7. The molecule has 0 atom stereocenters. The molecule has 58 valence electrons. The van der Waals surface area contributed by atoms with Crippen molar-refractivity contribution >= 4 is 5.91 Å². The van der Waals surface area contributed by atoms with E-state index in [0.717, 1.165) is 0 Å². The standard InChI is InChI=1S/C7H8N2O2/c8-7(10)5-3-1-2-4-6(5)11-9/h1-4H,9H2,(H2,8,10). The van der Waals surface area contributed by atoms with Crippen molar-refractivity contribution < 1.29 is 9.63 Å². The molecular weight excluding hydrogens is 144 g/mol. The first-order chi connectivity index (χ1) is 5.25. The van der Waals surface area contributed by atoms with Gasteiger partial charge in [0.1, 0.15) is 0 Å². The molecule has 0 spiro atoms. The Hall–Kier alpha value is -1.55. The molecule has 0 aromatic heterocycles. The molecule has 0 radical (unpaired) electrons. The summed E-state index contributed by atoms with van der Waals surface area (Å²) in [6, 6.07) is 6.50. The van der Waals surface area contributed by atoms with Crippen LogP contribution in [0.4, 0.5) is 0 Å². The van der Waals surface area contributed by atoms with E-state index in [1.165, 1.54) is 0 Å². The zero-order valence-corrected chi connectivity index (χ0v) is 5.78. The van der Waals surface area contributed by atoms with Crippen LogP contribution in [0.3, 0.4) is 0 Å². The van der Waals surface area contributed by atoms with Gasteiger partial charge in [0.05, 0.1) is 5.56 Å². The fraction of sp³-hybridized carbons (Fsp3) is 0. The number of para-hydroxylation sites is 1. The average molecular weight is 152 g/mol. The normalized spacial score (nSPS) is 9.18. The molecule has 11 heavy (non-hydrogen) atoms. The van der Waals surface area contributed by atoms with Crippen LogP contribution in [0.1, 0.15) is 10.4 Å². The fourth-order valence-electron chi connectivity index (χ4n) is 0.773. The minimum absolute atomic E-state index is 0.287. The van der Waals surface area contributed by atoms with Crippen molar-refractivity contribution in [1.82, 2.24) is 0 Å². The summed E-state index contributed by atoms with van der Waals surface area (Å²) in [5.41, 5.74) is 5.30. The number of primary amides is 1. The third-order valence-electron chi connectivity index (χ3n) is 1.28. The third kappa shape index (κ3) is 1.47. The monoisotopic (exact) mass is 152 g/mol. The average Bonchev–Trinajstić information content (AvgIpc) is 2.04. The van der Waals surface area contributed by atoms with Gasteiger partial charge >= 0.3 is 0 Å². The van der Waals surface area contributed by atoms with Crippen molar-refractivity contribution in [3.8, 4) is 5.75 Å². The maximum atomic E-state index is 10.7. The van der Waals surface area contributed by atoms with Crippen LogP contribution >= 0.6 is 0 Å². The molecule has 4 N–H and O–H groups in total. The van der Waals surface area contributed by atoms with Gasteiger partial charge in [0, 0.05) is 0 Å². The Labute approximate surface area is 63.7 Å². The first-order valence-electron chi connectivity index (χ1n) is 3.01. The minimum Gasteiger partial charge on any atom is -0.411 e. The molecule has 0 aliphatic rings. The highest BCUT2D eigenvalue weighted by molar-refractivity contribution is 5.95. The summed E-state index contributed by atoms with van der Waals surface area (Å²) in [5.74, 6) is 4.62. The van der Waals surface area contributed by atoms with Crippen LogP contribution < -0.4 is 16.5 Å². The van der Waals surface area contributed by atoms with E-state index in [0.29, 0.717) is 5.75 Å². The summed E-state index contributed by atoms with van der Waals surface area (Å²) in [5, 5.41) is 0. The lowest BCUT2D eigenvalue weighted by Gasteiger charge is -2.01. The molecule has 0 aliphatic heterocycles. The second-order valence-electron chi connectivity index (χ2n) is 1.98. The van der Waals surface area contributed by atoms with Gasteiger partial charge in [-0.25, -0.2) is 0 Å². The molecule has 0 saturated heterocycles. The molecule has 1 aromatic rings. The summed E-state index contributed by atoms with van der Waals surface area (Å²) in [4.78, 5) is 15.1. The van der Waals surface area contributed by atoms with E-state index >= 15 is 0 Å². The van der Waals surface area contributed by atoms with E-state index in [4.69, 9.17) is 11.6 Å². The quantitative estimate of drug-likeness (QED) is 0.587. The summed E-state index contributed by atoms with van der Waals surface area (Å²) < 4.78 is 0. The van der Waals surface area contributed by atoms with Crippen LogP contribution in [0.25, 0.3) is 0 Å².